The molecular weight excluding hydrogens is 388 g/mol. The number of aliphatic hydroxyl groups excluding tert-OH is 2. The molecule has 1 heterocycles. The van der Waals surface area contributed by atoms with E-state index in [2.05, 4.69) is 21.7 Å². The third-order valence-corrected chi connectivity index (χ3v) is 4.12. The fourth-order valence-corrected chi connectivity index (χ4v) is 2.76. The van der Waals surface area contributed by atoms with Crippen molar-refractivity contribution >= 4 is 15.9 Å². The van der Waals surface area contributed by atoms with Crippen LogP contribution in [0, 0.1) is 0 Å². The normalized spacial score (nSPS) is 13.1. The van der Waals surface area contributed by atoms with Crippen LogP contribution in [0.25, 0.3) is 0 Å². The maximum absolute atomic E-state index is 10.2. The molecule has 3 N–H and O–H groups in total. The second kappa shape index (κ2) is 9.61. The van der Waals surface area contributed by atoms with Crippen LogP contribution < -0.4 is 0 Å². The Hall–Kier alpha value is -1.82. The number of phenolic OH excluding ortho intramolecular Hbond substituents is 1. The summed E-state index contributed by atoms with van der Waals surface area (Å²) in [5.74, 6) is 0.521. The molecule has 1 aromatic carbocycles. The van der Waals surface area contributed by atoms with Gasteiger partial charge in [0.25, 0.3) is 0 Å². The summed E-state index contributed by atoms with van der Waals surface area (Å²) in [5.41, 5.74) is 4.25. The smallest absolute Gasteiger partial charge is 0.132 e. The molecule has 0 unspecified atom stereocenters. The zero-order chi connectivity index (χ0) is 18.2. The van der Waals surface area contributed by atoms with E-state index in [9.17, 15) is 15.3 Å². The van der Waals surface area contributed by atoms with Gasteiger partial charge in [0, 0.05) is 35.6 Å². The van der Waals surface area contributed by atoms with Crippen molar-refractivity contribution < 1.29 is 24.5 Å². The average molecular weight is 409 g/mol. The van der Waals surface area contributed by atoms with Crippen molar-refractivity contribution in [3.63, 3.8) is 0 Å². The minimum atomic E-state index is -0.858. The quantitative estimate of drug-likeness (QED) is 0.574. The van der Waals surface area contributed by atoms with Gasteiger partial charge in [-0.1, -0.05) is 15.9 Å². The van der Waals surface area contributed by atoms with Crippen molar-refractivity contribution in [3.05, 3.63) is 69.8 Å². The van der Waals surface area contributed by atoms with Crippen molar-refractivity contribution in [1.82, 2.24) is 0 Å². The molecule has 2 aromatic rings. The average Bonchev–Trinajstić information content (AvgIpc) is 3.11. The van der Waals surface area contributed by atoms with Crippen LogP contribution in [-0.2, 0) is 4.74 Å². The largest absolute Gasteiger partial charge is 0.508 e. The Morgan fingerprint density at radius 2 is 2.12 bits per heavy atom. The van der Waals surface area contributed by atoms with Crippen LogP contribution in [-0.4, -0.2) is 29.0 Å². The number of hydrogen-bond acceptors (Lipinski definition) is 5. The van der Waals surface area contributed by atoms with Crippen LogP contribution in [0.3, 0.4) is 0 Å². The second-order valence-electron chi connectivity index (χ2n) is 5.58. The zero-order valence-electron chi connectivity index (χ0n) is 13.9. The Balaban J connectivity index is 2.06. The van der Waals surface area contributed by atoms with E-state index in [1.165, 1.54) is 12.3 Å². The van der Waals surface area contributed by atoms with Crippen LogP contribution in [0.2, 0.25) is 0 Å². The van der Waals surface area contributed by atoms with E-state index in [0.717, 1.165) is 10.0 Å². The second-order valence-corrected chi connectivity index (χ2v) is 6.49. The van der Waals surface area contributed by atoms with Gasteiger partial charge in [0.15, 0.2) is 0 Å². The Bertz CT molecular complexity index is 732. The molecule has 0 aliphatic rings. The topological polar surface area (TPSA) is 83.1 Å². The molecule has 0 saturated carbocycles. The third-order valence-electron chi connectivity index (χ3n) is 3.63. The minimum absolute atomic E-state index is 0.0402. The van der Waals surface area contributed by atoms with Crippen molar-refractivity contribution in [2.45, 2.75) is 25.0 Å². The SMILES string of the molecule is COCC(=C=CC[C@@H](O)c1cc(Br)ccc1O)C[C@@H](O)c1ccco1. The van der Waals surface area contributed by atoms with Gasteiger partial charge < -0.3 is 24.5 Å². The molecule has 2 rings (SSSR count). The van der Waals surface area contributed by atoms with E-state index in [-0.39, 0.29) is 12.2 Å². The maximum Gasteiger partial charge on any atom is 0.132 e. The summed E-state index contributed by atoms with van der Waals surface area (Å²) in [6, 6.07) is 8.33. The van der Waals surface area contributed by atoms with Gasteiger partial charge in [-0.3, -0.25) is 0 Å². The first-order valence-electron chi connectivity index (χ1n) is 7.81. The summed E-state index contributed by atoms with van der Waals surface area (Å²) in [4.78, 5) is 0. The molecule has 0 amide bonds. The molecule has 0 saturated heterocycles. The highest BCUT2D eigenvalue weighted by Crippen LogP contribution is 2.29. The number of aliphatic hydroxyl groups is 2. The predicted octanol–water partition coefficient (Wildman–Crippen LogP) is 4.02. The molecule has 25 heavy (non-hydrogen) atoms. The van der Waals surface area contributed by atoms with Gasteiger partial charge in [-0.05, 0) is 36.4 Å². The summed E-state index contributed by atoms with van der Waals surface area (Å²) in [7, 11) is 1.56. The van der Waals surface area contributed by atoms with Crippen LogP contribution in [0.4, 0.5) is 0 Å². The number of halogens is 1. The highest BCUT2D eigenvalue weighted by molar-refractivity contribution is 9.10. The molecule has 0 aliphatic heterocycles. The van der Waals surface area contributed by atoms with Crippen molar-refractivity contribution in [2.24, 2.45) is 0 Å². The van der Waals surface area contributed by atoms with Gasteiger partial charge in [-0.15, -0.1) is 5.73 Å². The van der Waals surface area contributed by atoms with Gasteiger partial charge in [0.1, 0.15) is 17.6 Å². The Labute approximate surface area is 155 Å². The van der Waals surface area contributed by atoms with Crippen molar-refractivity contribution in [3.8, 4) is 5.75 Å². The minimum Gasteiger partial charge on any atom is -0.508 e. The lowest BCUT2D eigenvalue weighted by Gasteiger charge is -2.11. The van der Waals surface area contributed by atoms with Crippen LogP contribution in [0.15, 0.2) is 62.9 Å². The van der Waals surface area contributed by atoms with E-state index in [0.29, 0.717) is 24.4 Å². The number of rotatable bonds is 8. The van der Waals surface area contributed by atoms with Crippen molar-refractivity contribution in [1.29, 1.82) is 0 Å². The zero-order valence-corrected chi connectivity index (χ0v) is 15.4. The number of aromatic hydroxyl groups is 1. The molecule has 1 aromatic heterocycles. The van der Waals surface area contributed by atoms with Gasteiger partial charge >= 0.3 is 0 Å². The highest BCUT2D eigenvalue weighted by Gasteiger charge is 2.13. The van der Waals surface area contributed by atoms with Gasteiger partial charge in [0.2, 0.25) is 0 Å². The molecule has 134 valence electrons. The number of phenols is 1. The lowest BCUT2D eigenvalue weighted by atomic mass is 10.0. The number of hydrogen-bond donors (Lipinski definition) is 3. The maximum atomic E-state index is 10.2. The molecule has 0 spiro atoms. The summed E-state index contributed by atoms with van der Waals surface area (Å²) < 4.78 is 11.1. The lowest BCUT2D eigenvalue weighted by Crippen LogP contribution is -2.02. The fraction of sp³-hybridized carbons (Fsp3) is 0.316. The summed E-state index contributed by atoms with van der Waals surface area (Å²) in [5, 5.41) is 30.2. The first kappa shape index (κ1) is 19.5. The molecule has 0 aliphatic carbocycles. The summed E-state index contributed by atoms with van der Waals surface area (Å²) in [6.07, 6.45) is 2.14. The van der Waals surface area contributed by atoms with Gasteiger partial charge in [0.05, 0.1) is 19.0 Å². The predicted molar refractivity (Wildman–Crippen MR) is 97.1 cm³/mol. The number of ether oxygens (including phenoxy) is 1. The Morgan fingerprint density at radius 1 is 1.32 bits per heavy atom. The standard InChI is InChI=1S/C19H21BrO5/c1-24-12-13(10-18(23)19-6-3-9-25-19)4-2-5-16(21)15-11-14(20)7-8-17(15)22/h2-3,6-9,11,16,18,21-23H,5,10,12H2,1H3/t4?,16-,18-/m1/s1. The van der Waals surface area contributed by atoms with Crippen LogP contribution in [0.1, 0.15) is 36.4 Å². The Kier molecular flexibility index (Phi) is 7.50. The third kappa shape index (κ3) is 5.88. The highest BCUT2D eigenvalue weighted by atomic mass is 79.9. The van der Waals surface area contributed by atoms with Crippen LogP contribution >= 0.6 is 15.9 Å². The Morgan fingerprint density at radius 3 is 2.80 bits per heavy atom. The molecule has 5 nitrogen and oxygen atoms in total. The first-order chi connectivity index (χ1) is 12.0. The number of methoxy groups -OCH3 is 1. The summed E-state index contributed by atoms with van der Waals surface area (Å²) >= 11 is 3.32. The first-order valence-corrected chi connectivity index (χ1v) is 8.60. The molecule has 6 heteroatoms. The van der Waals surface area contributed by atoms with Crippen LogP contribution in [0.5, 0.6) is 5.75 Å². The molecule has 2 atom stereocenters. The van der Waals surface area contributed by atoms with E-state index < -0.39 is 12.2 Å². The monoisotopic (exact) mass is 408 g/mol. The fourth-order valence-electron chi connectivity index (χ4n) is 2.38. The number of benzene rings is 1. The molecule has 0 fully saturated rings. The molecule has 0 bridgehead atoms. The van der Waals surface area contributed by atoms with E-state index in [4.69, 9.17) is 9.15 Å². The molecule has 0 radical (unpaired) electrons. The lowest BCUT2D eigenvalue weighted by molar-refractivity contribution is 0.141. The summed E-state index contributed by atoms with van der Waals surface area (Å²) in [6.45, 7) is 0.312. The van der Waals surface area contributed by atoms with E-state index >= 15 is 0 Å². The van der Waals surface area contributed by atoms with Gasteiger partial charge in [-0.25, -0.2) is 0 Å². The van der Waals surface area contributed by atoms with E-state index in [1.807, 2.05) is 0 Å². The molecular formula is C19H21BrO5. The van der Waals surface area contributed by atoms with E-state index in [1.54, 1.807) is 37.5 Å². The number of furan rings is 1. The van der Waals surface area contributed by atoms with Crippen molar-refractivity contribution in [2.75, 3.05) is 13.7 Å². The van der Waals surface area contributed by atoms with Gasteiger partial charge in [-0.2, -0.15) is 0 Å².